The number of rotatable bonds is 4. The van der Waals surface area contributed by atoms with Crippen LogP contribution in [0.3, 0.4) is 0 Å². The molecule has 0 bridgehead atoms. The molecule has 0 spiro atoms. The first-order valence-corrected chi connectivity index (χ1v) is 5.36. The van der Waals surface area contributed by atoms with Crippen LogP contribution >= 0.6 is 0 Å². The summed E-state index contributed by atoms with van der Waals surface area (Å²) in [7, 11) is 0. The van der Waals surface area contributed by atoms with E-state index in [0.717, 1.165) is 18.4 Å². The highest BCUT2D eigenvalue weighted by molar-refractivity contribution is 5.17. The number of aliphatic hydroxyl groups excluding tert-OH is 1. The second kappa shape index (κ2) is 4.75. The maximum Gasteiger partial charge on any atom is 0.102 e. The average molecular weight is 207 g/mol. The molecular weight excluding hydrogens is 190 g/mol. The Labute approximate surface area is 89.9 Å². The van der Waals surface area contributed by atoms with E-state index in [4.69, 9.17) is 10.5 Å². The van der Waals surface area contributed by atoms with Gasteiger partial charge in [0.25, 0.3) is 0 Å². The van der Waals surface area contributed by atoms with E-state index in [1.165, 1.54) is 0 Å². The van der Waals surface area contributed by atoms with Crippen LogP contribution in [-0.4, -0.2) is 23.9 Å². The van der Waals surface area contributed by atoms with Gasteiger partial charge >= 0.3 is 0 Å². The lowest BCUT2D eigenvalue weighted by molar-refractivity contribution is -0.0496. The van der Waals surface area contributed by atoms with Gasteiger partial charge in [-0.05, 0) is 18.4 Å². The highest BCUT2D eigenvalue weighted by atomic mass is 16.5. The molecule has 1 atom stereocenters. The van der Waals surface area contributed by atoms with Gasteiger partial charge in [-0.25, -0.2) is 0 Å². The molecule has 82 valence electrons. The zero-order valence-corrected chi connectivity index (χ0v) is 8.67. The molecule has 1 aliphatic carbocycles. The zero-order chi connectivity index (χ0) is 10.7. The van der Waals surface area contributed by atoms with Crippen LogP contribution < -0.4 is 5.73 Å². The first kappa shape index (κ1) is 10.6. The van der Waals surface area contributed by atoms with E-state index >= 15 is 0 Å². The maximum atomic E-state index is 9.80. The van der Waals surface area contributed by atoms with Crippen LogP contribution in [0.25, 0.3) is 0 Å². The molecule has 1 fully saturated rings. The first-order chi connectivity index (χ1) is 7.25. The Balaban J connectivity index is 1.75. The molecule has 0 radical (unpaired) electrons. The summed E-state index contributed by atoms with van der Waals surface area (Å²) in [6.45, 7) is 0.363. The molecule has 15 heavy (non-hydrogen) atoms. The molecule has 3 heteroatoms. The summed E-state index contributed by atoms with van der Waals surface area (Å²) in [6.07, 6.45) is 1.56. The smallest absolute Gasteiger partial charge is 0.102 e. The first-order valence-electron chi connectivity index (χ1n) is 5.36. The van der Waals surface area contributed by atoms with E-state index in [2.05, 4.69) is 0 Å². The van der Waals surface area contributed by atoms with Gasteiger partial charge in [0, 0.05) is 6.04 Å². The third-order valence-electron chi connectivity index (χ3n) is 2.81. The van der Waals surface area contributed by atoms with Crippen molar-refractivity contribution in [2.75, 3.05) is 6.61 Å². The monoisotopic (exact) mass is 207 g/mol. The highest BCUT2D eigenvalue weighted by Gasteiger charge is 2.27. The van der Waals surface area contributed by atoms with E-state index in [1.807, 2.05) is 30.3 Å². The maximum absolute atomic E-state index is 9.80. The van der Waals surface area contributed by atoms with Crippen molar-refractivity contribution in [3.63, 3.8) is 0 Å². The second-order valence-corrected chi connectivity index (χ2v) is 4.11. The van der Waals surface area contributed by atoms with Crippen molar-refractivity contribution in [3.05, 3.63) is 35.9 Å². The van der Waals surface area contributed by atoms with Gasteiger partial charge < -0.3 is 15.6 Å². The summed E-state index contributed by atoms with van der Waals surface area (Å²) >= 11 is 0. The third kappa shape index (κ3) is 2.78. The predicted molar refractivity (Wildman–Crippen MR) is 58.4 cm³/mol. The minimum absolute atomic E-state index is 0.248. The van der Waals surface area contributed by atoms with Crippen LogP contribution in [0.4, 0.5) is 0 Å². The predicted octanol–water partition coefficient (Wildman–Crippen LogP) is 1.23. The van der Waals surface area contributed by atoms with Crippen molar-refractivity contribution in [3.8, 4) is 0 Å². The molecule has 1 aromatic rings. The van der Waals surface area contributed by atoms with Crippen LogP contribution in [0, 0.1) is 0 Å². The molecule has 0 aliphatic heterocycles. The Bertz CT molecular complexity index is 296. The van der Waals surface area contributed by atoms with Gasteiger partial charge in [-0.15, -0.1) is 0 Å². The summed E-state index contributed by atoms with van der Waals surface area (Å²) in [6, 6.07) is 9.86. The molecule has 3 nitrogen and oxygen atoms in total. The molecule has 3 N–H and O–H groups in total. The van der Waals surface area contributed by atoms with Crippen LogP contribution in [0.15, 0.2) is 30.3 Å². The fourth-order valence-electron chi connectivity index (χ4n) is 1.74. The van der Waals surface area contributed by atoms with Crippen molar-refractivity contribution >= 4 is 0 Å². The molecule has 0 saturated heterocycles. The minimum atomic E-state index is -0.525. The second-order valence-electron chi connectivity index (χ2n) is 4.11. The summed E-state index contributed by atoms with van der Waals surface area (Å²) in [5.41, 5.74) is 6.55. The summed E-state index contributed by atoms with van der Waals surface area (Å²) < 4.78 is 5.53. The largest absolute Gasteiger partial charge is 0.386 e. The van der Waals surface area contributed by atoms with Crippen LogP contribution in [0.5, 0.6) is 0 Å². The summed E-state index contributed by atoms with van der Waals surface area (Å²) in [5, 5.41) is 9.80. The Morgan fingerprint density at radius 1 is 1.33 bits per heavy atom. The Hall–Kier alpha value is -0.900. The van der Waals surface area contributed by atoms with E-state index in [0.29, 0.717) is 12.6 Å². The van der Waals surface area contributed by atoms with Crippen LogP contribution in [0.1, 0.15) is 24.5 Å². The molecule has 0 amide bonds. The van der Waals surface area contributed by atoms with Crippen LogP contribution in [-0.2, 0) is 4.74 Å². The van der Waals surface area contributed by atoms with E-state index in [9.17, 15) is 5.11 Å². The molecule has 0 heterocycles. The molecule has 1 saturated carbocycles. The molecular formula is C12H17NO2. The number of ether oxygens (including phenoxy) is 1. The lowest BCUT2D eigenvalue weighted by Gasteiger charge is -2.32. The van der Waals surface area contributed by atoms with Crippen molar-refractivity contribution < 1.29 is 9.84 Å². The van der Waals surface area contributed by atoms with Gasteiger partial charge in [-0.1, -0.05) is 30.3 Å². The quantitative estimate of drug-likeness (QED) is 0.780. The van der Waals surface area contributed by atoms with Crippen molar-refractivity contribution in [1.29, 1.82) is 0 Å². The fourth-order valence-corrected chi connectivity index (χ4v) is 1.74. The summed E-state index contributed by atoms with van der Waals surface area (Å²) in [4.78, 5) is 0. The standard InChI is InChI=1S/C12H17NO2/c13-10-6-11(7-10)15-8-12(14)9-4-2-1-3-5-9/h1-5,10-12,14H,6-8,13H2. The van der Waals surface area contributed by atoms with Gasteiger partial charge in [0.15, 0.2) is 0 Å². The van der Waals surface area contributed by atoms with Gasteiger partial charge in [-0.3, -0.25) is 0 Å². The van der Waals surface area contributed by atoms with Gasteiger partial charge in [0.1, 0.15) is 6.10 Å². The normalized spacial score (nSPS) is 27.1. The highest BCUT2D eigenvalue weighted by Crippen LogP contribution is 2.23. The number of hydrogen-bond donors (Lipinski definition) is 2. The number of nitrogens with two attached hydrogens (primary N) is 1. The minimum Gasteiger partial charge on any atom is -0.386 e. The average Bonchev–Trinajstić information content (AvgIpc) is 2.23. The van der Waals surface area contributed by atoms with E-state index in [-0.39, 0.29) is 6.10 Å². The number of benzene rings is 1. The molecule has 0 aromatic heterocycles. The van der Waals surface area contributed by atoms with Crippen molar-refractivity contribution in [2.45, 2.75) is 31.1 Å². The fraction of sp³-hybridized carbons (Fsp3) is 0.500. The molecule has 1 unspecified atom stereocenters. The van der Waals surface area contributed by atoms with E-state index < -0.39 is 6.10 Å². The Morgan fingerprint density at radius 2 is 2.00 bits per heavy atom. The Morgan fingerprint density at radius 3 is 2.60 bits per heavy atom. The SMILES string of the molecule is NC1CC(OCC(O)c2ccccc2)C1. The van der Waals surface area contributed by atoms with Gasteiger partial charge in [0.2, 0.25) is 0 Å². The van der Waals surface area contributed by atoms with Crippen LogP contribution in [0.2, 0.25) is 0 Å². The van der Waals surface area contributed by atoms with Crippen molar-refractivity contribution in [2.24, 2.45) is 5.73 Å². The van der Waals surface area contributed by atoms with Gasteiger partial charge in [-0.2, -0.15) is 0 Å². The summed E-state index contributed by atoms with van der Waals surface area (Å²) in [5.74, 6) is 0. The van der Waals surface area contributed by atoms with Gasteiger partial charge in [0.05, 0.1) is 12.7 Å². The number of aliphatic hydroxyl groups is 1. The molecule has 1 aromatic carbocycles. The third-order valence-corrected chi connectivity index (χ3v) is 2.81. The van der Waals surface area contributed by atoms with E-state index in [1.54, 1.807) is 0 Å². The zero-order valence-electron chi connectivity index (χ0n) is 8.67. The molecule has 1 aliphatic rings. The number of hydrogen-bond acceptors (Lipinski definition) is 3. The lowest BCUT2D eigenvalue weighted by atomic mass is 9.90. The topological polar surface area (TPSA) is 55.5 Å². The Kier molecular flexibility index (Phi) is 3.36. The lowest BCUT2D eigenvalue weighted by Crippen LogP contribution is -2.42. The molecule has 2 rings (SSSR count). The van der Waals surface area contributed by atoms with Crippen molar-refractivity contribution in [1.82, 2.24) is 0 Å².